The second-order valence-electron chi connectivity index (χ2n) is 5.81. The Hall–Kier alpha value is -2.47. The SMILES string of the molecule is COc1cc(Cl)cn2nc(C(=O)N3CCc4occc4C3C)cc12. The van der Waals surface area contributed by atoms with Crippen molar-refractivity contribution >= 4 is 23.0 Å². The van der Waals surface area contributed by atoms with Crippen LogP contribution in [0, 0.1) is 0 Å². The Morgan fingerprint density at radius 1 is 1.46 bits per heavy atom. The molecule has 1 atom stereocenters. The van der Waals surface area contributed by atoms with Crippen molar-refractivity contribution in [2.45, 2.75) is 19.4 Å². The maximum Gasteiger partial charge on any atom is 0.274 e. The fourth-order valence-corrected chi connectivity index (χ4v) is 3.42. The molecule has 1 aliphatic rings. The fourth-order valence-electron chi connectivity index (χ4n) is 3.23. The Morgan fingerprint density at radius 2 is 2.29 bits per heavy atom. The molecule has 0 radical (unpaired) electrons. The van der Waals surface area contributed by atoms with Gasteiger partial charge in [-0.3, -0.25) is 4.79 Å². The third-order valence-corrected chi connectivity index (χ3v) is 4.69. The van der Waals surface area contributed by atoms with Gasteiger partial charge in [0.05, 0.1) is 24.4 Å². The number of fused-ring (bicyclic) bond motifs is 2. The first-order valence-electron chi connectivity index (χ1n) is 7.68. The first-order valence-corrected chi connectivity index (χ1v) is 8.06. The average Bonchev–Trinajstić information content (AvgIpc) is 3.20. The van der Waals surface area contributed by atoms with Crippen molar-refractivity contribution in [2.24, 2.45) is 0 Å². The summed E-state index contributed by atoms with van der Waals surface area (Å²) in [5.74, 6) is 1.42. The van der Waals surface area contributed by atoms with Crippen molar-refractivity contribution in [3.63, 3.8) is 0 Å². The zero-order valence-corrected chi connectivity index (χ0v) is 14.1. The van der Waals surface area contributed by atoms with Crippen molar-refractivity contribution in [1.82, 2.24) is 14.5 Å². The molecule has 3 aromatic heterocycles. The van der Waals surface area contributed by atoms with Crippen LogP contribution in [0.4, 0.5) is 0 Å². The zero-order chi connectivity index (χ0) is 16.8. The summed E-state index contributed by atoms with van der Waals surface area (Å²) in [5, 5.41) is 4.87. The predicted octanol–water partition coefficient (Wildman–Crippen LogP) is 3.35. The highest BCUT2D eigenvalue weighted by Gasteiger charge is 2.31. The van der Waals surface area contributed by atoms with Crippen LogP contribution in [0.1, 0.15) is 34.8 Å². The quantitative estimate of drug-likeness (QED) is 0.714. The fraction of sp³-hybridized carbons (Fsp3) is 0.294. The number of halogens is 1. The van der Waals surface area contributed by atoms with Crippen LogP contribution >= 0.6 is 11.6 Å². The van der Waals surface area contributed by atoms with E-state index in [2.05, 4.69) is 5.10 Å². The molecule has 0 aliphatic carbocycles. The smallest absolute Gasteiger partial charge is 0.274 e. The number of carbonyl (C=O) groups is 1. The number of ether oxygens (including phenoxy) is 1. The van der Waals surface area contributed by atoms with Gasteiger partial charge in [0.15, 0.2) is 5.69 Å². The minimum atomic E-state index is -0.115. The van der Waals surface area contributed by atoms with Crippen LogP contribution in [-0.2, 0) is 6.42 Å². The van der Waals surface area contributed by atoms with E-state index in [0.29, 0.717) is 34.9 Å². The van der Waals surface area contributed by atoms with Gasteiger partial charge in [-0.2, -0.15) is 5.10 Å². The van der Waals surface area contributed by atoms with E-state index in [0.717, 1.165) is 11.3 Å². The summed E-state index contributed by atoms with van der Waals surface area (Å²) in [5.41, 5.74) is 2.13. The van der Waals surface area contributed by atoms with E-state index in [1.54, 1.807) is 36.2 Å². The average molecular weight is 346 g/mol. The molecule has 6 nitrogen and oxygen atoms in total. The van der Waals surface area contributed by atoms with E-state index in [9.17, 15) is 4.79 Å². The number of hydrogen-bond donors (Lipinski definition) is 0. The van der Waals surface area contributed by atoms with Crippen molar-refractivity contribution in [1.29, 1.82) is 0 Å². The van der Waals surface area contributed by atoms with Crippen LogP contribution in [0.3, 0.4) is 0 Å². The highest BCUT2D eigenvalue weighted by Crippen LogP contribution is 2.32. The molecule has 7 heteroatoms. The summed E-state index contributed by atoms with van der Waals surface area (Å²) in [6.07, 6.45) is 4.04. The molecule has 0 fully saturated rings. The lowest BCUT2D eigenvalue weighted by Crippen LogP contribution is -2.38. The Labute approximate surface area is 143 Å². The van der Waals surface area contributed by atoms with Crippen LogP contribution in [0.2, 0.25) is 5.02 Å². The lowest BCUT2D eigenvalue weighted by Gasteiger charge is -2.32. The number of amides is 1. The van der Waals surface area contributed by atoms with Gasteiger partial charge in [-0.25, -0.2) is 4.52 Å². The van der Waals surface area contributed by atoms with Gasteiger partial charge in [0, 0.05) is 36.9 Å². The Morgan fingerprint density at radius 3 is 3.08 bits per heavy atom. The maximum atomic E-state index is 12.9. The molecule has 0 bridgehead atoms. The van der Waals surface area contributed by atoms with Crippen LogP contribution in [-0.4, -0.2) is 34.1 Å². The van der Waals surface area contributed by atoms with Crippen LogP contribution in [0.15, 0.2) is 35.1 Å². The summed E-state index contributed by atoms with van der Waals surface area (Å²) in [7, 11) is 1.56. The number of pyridine rings is 1. The number of nitrogens with zero attached hydrogens (tertiary/aromatic N) is 3. The van der Waals surface area contributed by atoms with Gasteiger partial charge in [-0.15, -0.1) is 0 Å². The van der Waals surface area contributed by atoms with E-state index < -0.39 is 0 Å². The molecule has 3 aromatic rings. The summed E-state index contributed by atoms with van der Waals surface area (Å²) in [6.45, 7) is 2.60. The van der Waals surface area contributed by atoms with E-state index in [4.69, 9.17) is 20.8 Å². The van der Waals surface area contributed by atoms with E-state index >= 15 is 0 Å². The molecule has 24 heavy (non-hydrogen) atoms. The number of carbonyl (C=O) groups excluding carboxylic acids is 1. The highest BCUT2D eigenvalue weighted by atomic mass is 35.5. The zero-order valence-electron chi connectivity index (χ0n) is 13.3. The number of rotatable bonds is 2. The molecule has 0 saturated heterocycles. The Balaban J connectivity index is 1.71. The monoisotopic (exact) mass is 345 g/mol. The normalized spacial score (nSPS) is 17.1. The third kappa shape index (κ3) is 2.26. The summed E-state index contributed by atoms with van der Waals surface area (Å²) < 4.78 is 12.4. The van der Waals surface area contributed by atoms with E-state index in [1.165, 1.54) is 0 Å². The van der Waals surface area contributed by atoms with Gasteiger partial charge in [-0.1, -0.05) is 11.6 Å². The molecule has 1 unspecified atom stereocenters. The lowest BCUT2D eigenvalue weighted by atomic mass is 10.0. The third-order valence-electron chi connectivity index (χ3n) is 4.48. The molecule has 1 amide bonds. The molecule has 124 valence electrons. The lowest BCUT2D eigenvalue weighted by molar-refractivity contribution is 0.0664. The summed E-state index contributed by atoms with van der Waals surface area (Å²) >= 11 is 6.06. The molecule has 4 rings (SSSR count). The van der Waals surface area contributed by atoms with Crippen molar-refractivity contribution in [3.05, 3.63) is 52.7 Å². The second-order valence-corrected chi connectivity index (χ2v) is 6.25. The van der Waals surface area contributed by atoms with Crippen molar-refractivity contribution in [2.75, 3.05) is 13.7 Å². The minimum absolute atomic E-state index is 0.0460. The van der Waals surface area contributed by atoms with Crippen LogP contribution in [0.25, 0.3) is 5.52 Å². The Kier molecular flexibility index (Phi) is 3.49. The number of aromatic nitrogens is 2. The van der Waals surface area contributed by atoms with E-state index in [-0.39, 0.29) is 11.9 Å². The van der Waals surface area contributed by atoms with Gasteiger partial charge in [0.2, 0.25) is 0 Å². The molecule has 0 spiro atoms. The molecule has 0 saturated carbocycles. The molecule has 0 N–H and O–H groups in total. The van der Waals surface area contributed by atoms with Gasteiger partial charge in [-0.05, 0) is 13.0 Å². The van der Waals surface area contributed by atoms with Crippen LogP contribution < -0.4 is 4.74 Å². The predicted molar refractivity (Wildman–Crippen MR) is 88.6 cm³/mol. The number of methoxy groups -OCH3 is 1. The topological polar surface area (TPSA) is 60.0 Å². The van der Waals surface area contributed by atoms with Gasteiger partial charge in [0.1, 0.15) is 17.0 Å². The first-order chi connectivity index (χ1) is 11.6. The second kappa shape index (κ2) is 5.56. The summed E-state index contributed by atoms with van der Waals surface area (Å²) in [4.78, 5) is 14.8. The highest BCUT2D eigenvalue weighted by molar-refractivity contribution is 6.30. The first kappa shape index (κ1) is 15.1. The molecular weight excluding hydrogens is 330 g/mol. The van der Waals surface area contributed by atoms with Gasteiger partial charge >= 0.3 is 0 Å². The number of furan rings is 1. The van der Waals surface area contributed by atoms with Gasteiger partial charge in [0.25, 0.3) is 5.91 Å². The van der Waals surface area contributed by atoms with Crippen LogP contribution in [0.5, 0.6) is 5.75 Å². The Bertz CT molecular complexity index is 930. The largest absolute Gasteiger partial charge is 0.494 e. The van der Waals surface area contributed by atoms with E-state index in [1.807, 2.05) is 17.9 Å². The molecular formula is C17H16ClN3O3. The minimum Gasteiger partial charge on any atom is -0.494 e. The van der Waals surface area contributed by atoms with Crippen molar-refractivity contribution in [3.8, 4) is 5.75 Å². The van der Waals surface area contributed by atoms with Crippen molar-refractivity contribution < 1.29 is 13.9 Å². The standard InChI is InChI=1S/C17H16ClN3O3/c1-10-12-4-6-24-15(12)3-5-20(10)17(22)13-8-14-16(23-2)7-11(18)9-21(14)19-13/h4,6-10H,3,5H2,1-2H3. The molecule has 0 aromatic carbocycles. The summed E-state index contributed by atoms with van der Waals surface area (Å²) in [6, 6.07) is 5.31. The van der Waals surface area contributed by atoms with Gasteiger partial charge < -0.3 is 14.1 Å². The molecule has 4 heterocycles. The maximum absolute atomic E-state index is 12.9. The molecule has 1 aliphatic heterocycles. The number of hydrogen-bond acceptors (Lipinski definition) is 4.